The fraction of sp³-hybridized carbons (Fsp3) is 0.167. The fourth-order valence-electron chi connectivity index (χ4n) is 4.40. The Bertz CT molecular complexity index is 1760. The summed E-state index contributed by atoms with van der Waals surface area (Å²) in [5, 5.41) is 1.10. The highest BCUT2D eigenvalue weighted by atomic mass is 35.5. The van der Waals surface area contributed by atoms with Crippen LogP contribution in [-0.2, 0) is 16.1 Å². The number of aromatic nitrogens is 1. The number of benzene rings is 3. The van der Waals surface area contributed by atoms with Gasteiger partial charge in [0.2, 0.25) is 0 Å². The molecule has 0 fully saturated rings. The number of carbonyl (C=O) groups excluding carboxylic acids is 1. The van der Waals surface area contributed by atoms with E-state index >= 15 is 0 Å². The van der Waals surface area contributed by atoms with Gasteiger partial charge in [0, 0.05) is 15.6 Å². The average molecular weight is 580 g/mol. The predicted octanol–water partition coefficient (Wildman–Crippen LogP) is 5.68. The highest BCUT2D eigenvalue weighted by Crippen LogP contribution is 2.34. The monoisotopic (exact) mass is 578 g/mol. The maximum atomic E-state index is 13.9. The Morgan fingerprint density at radius 3 is 2.51 bits per heavy atom. The van der Waals surface area contributed by atoms with Crippen LogP contribution in [0.5, 0.6) is 5.75 Å². The summed E-state index contributed by atoms with van der Waals surface area (Å²) in [4.78, 5) is 32.0. The van der Waals surface area contributed by atoms with Gasteiger partial charge in [0.1, 0.15) is 18.4 Å². The molecule has 0 spiro atoms. The summed E-state index contributed by atoms with van der Waals surface area (Å²) < 4.78 is 13.4. The van der Waals surface area contributed by atoms with Crippen LogP contribution < -0.4 is 19.6 Å². The van der Waals surface area contributed by atoms with Gasteiger partial charge in [-0.3, -0.25) is 9.36 Å². The van der Waals surface area contributed by atoms with E-state index in [2.05, 4.69) is 4.99 Å². The van der Waals surface area contributed by atoms with Gasteiger partial charge in [-0.15, -0.1) is 0 Å². The first-order valence-corrected chi connectivity index (χ1v) is 13.8. The summed E-state index contributed by atoms with van der Waals surface area (Å²) in [5.41, 5.74) is 2.82. The molecule has 0 bridgehead atoms. The van der Waals surface area contributed by atoms with Crippen LogP contribution in [0.1, 0.15) is 36.6 Å². The molecule has 1 aromatic heterocycles. The van der Waals surface area contributed by atoms with Crippen molar-refractivity contribution >= 4 is 46.6 Å². The number of para-hydroxylation sites is 1. The van der Waals surface area contributed by atoms with Crippen LogP contribution in [0.2, 0.25) is 10.0 Å². The van der Waals surface area contributed by atoms with Crippen molar-refractivity contribution in [1.29, 1.82) is 0 Å². The topological polar surface area (TPSA) is 69.9 Å². The standard InChI is InChI=1S/C30H24Cl2N2O4S/c1-3-37-29(36)26-18(2)33-30-34(27(26)22-9-5-6-10-23(22)32)28(35)25(39-30)16-20-8-4-7-11-24(20)38-17-19-12-14-21(31)15-13-19/h4-16,27H,3,17H2,1-2H3/b25-16-/t27-/m1/s1. The highest BCUT2D eigenvalue weighted by molar-refractivity contribution is 7.07. The van der Waals surface area contributed by atoms with Crippen molar-refractivity contribution in [2.24, 2.45) is 4.99 Å². The molecule has 6 nitrogen and oxygen atoms in total. The van der Waals surface area contributed by atoms with Gasteiger partial charge < -0.3 is 9.47 Å². The molecule has 0 saturated heterocycles. The second-order valence-electron chi connectivity index (χ2n) is 8.78. The Labute approximate surface area is 239 Å². The molecule has 0 aliphatic carbocycles. The third-order valence-electron chi connectivity index (χ3n) is 6.23. The SMILES string of the molecule is CCOC(=O)C1=C(C)N=c2s/c(=C\c3ccccc3OCc3ccc(Cl)cc3)c(=O)n2[C@@H]1c1ccccc1Cl. The van der Waals surface area contributed by atoms with E-state index in [0.717, 1.165) is 11.1 Å². The molecule has 1 aliphatic heterocycles. The van der Waals surface area contributed by atoms with Crippen molar-refractivity contribution < 1.29 is 14.3 Å². The van der Waals surface area contributed by atoms with Crippen molar-refractivity contribution in [3.8, 4) is 5.75 Å². The number of thiazole rings is 1. The molecule has 2 heterocycles. The number of allylic oxidation sites excluding steroid dienone is 1. The van der Waals surface area contributed by atoms with Crippen LogP contribution in [0.3, 0.4) is 0 Å². The molecule has 9 heteroatoms. The molecule has 3 aromatic carbocycles. The number of rotatable bonds is 7. The van der Waals surface area contributed by atoms with Crippen LogP contribution >= 0.6 is 34.5 Å². The predicted molar refractivity (Wildman–Crippen MR) is 154 cm³/mol. The van der Waals surface area contributed by atoms with E-state index in [9.17, 15) is 9.59 Å². The van der Waals surface area contributed by atoms with Gasteiger partial charge >= 0.3 is 5.97 Å². The van der Waals surface area contributed by atoms with Gasteiger partial charge in [-0.1, -0.05) is 83.1 Å². The van der Waals surface area contributed by atoms with Crippen LogP contribution in [-0.4, -0.2) is 17.1 Å². The minimum atomic E-state index is -0.771. The first-order valence-electron chi connectivity index (χ1n) is 12.3. The fourth-order valence-corrected chi connectivity index (χ4v) is 5.80. The molecule has 0 radical (unpaired) electrons. The van der Waals surface area contributed by atoms with Gasteiger partial charge in [-0.25, -0.2) is 9.79 Å². The normalized spacial score (nSPS) is 15.1. The summed E-state index contributed by atoms with van der Waals surface area (Å²) in [5.74, 6) is 0.100. The molecular weight excluding hydrogens is 555 g/mol. The molecule has 39 heavy (non-hydrogen) atoms. The molecule has 0 amide bonds. The number of ether oxygens (including phenoxy) is 2. The summed E-state index contributed by atoms with van der Waals surface area (Å²) >= 11 is 13.8. The summed E-state index contributed by atoms with van der Waals surface area (Å²) in [7, 11) is 0. The van der Waals surface area contributed by atoms with Crippen molar-refractivity contribution in [2.45, 2.75) is 26.5 Å². The zero-order valence-electron chi connectivity index (χ0n) is 21.2. The number of carbonyl (C=O) groups is 1. The van der Waals surface area contributed by atoms with Crippen molar-refractivity contribution in [2.75, 3.05) is 6.61 Å². The van der Waals surface area contributed by atoms with Gasteiger partial charge in [-0.05, 0) is 55.3 Å². The molecule has 0 unspecified atom stereocenters. The minimum Gasteiger partial charge on any atom is -0.488 e. The maximum Gasteiger partial charge on any atom is 0.338 e. The Morgan fingerprint density at radius 1 is 1.05 bits per heavy atom. The molecule has 1 aliphatic rings. The van der Waals surface area contributed by atoms with E-state index in [1.54, 1.807) is 32.1 Å². The number of hydrogen-bond acceptors (Lipinski definition) is 6. The highest BCUT2D eigenvalue weighted by Gasteiger charge is 2.34. The first-order chi connectivity index (χ1) is 18.9. The van der Waals surface area contributed by atoms with E-state index in [4.69, 9.17) is 32.7 Å². The molecule has 4 aromatic rings. The van der Waals surface area contributed by atoms with E-state index in [0.29, 0.717) is 43.0 Å². The first kappa shape index (κ1) is 26.9. The lowest BCUT2D eigenvalue weighted by Crippen LogP contribution is -2.40. The van der Waals surface area contributed by atoms with Crippen LogP contribution in [0.25, 0.3) is 6.08 Å². The van der Waals surface area contributed by atoms with Crippen LogP contribution in [0, 0.1) is 0 Å². The molecule has 5 rings (SSSR count). The summed E-state index contributed by atoms with van der Waals surface area (Å²) in [6.07, 6.45) is 1.79. The molecule has 198 valence electrons. The van der Waals surface area contributed by atoms with E-state index < -0.39 is 12.0 Å². The van der Waals surface area contributed by atoms with Gasteiger partial charge in [0.05, 0.1) is 22.4 Å². The number of nitrogens with zero attached hydrogens (tertiary/aromatic N) is 2. The summed E-state index contributed by atoms with van der Waals surface area (Å²) in [6.45, 7) is 4.02. The average Bonchev–Trinajstić information content (AvgIpc) is 3.23. The Morgan fingerprint density at radius 2 is 1.77 bits per heavy atom. The van der Waals surface area contributed by atoms with E-state index in [1.807, 2.05) is 60.7 Å². The number of fused-ring (bicyclic) bond motifs is 1. The molecular formula is C30H24Cl2N2O4S. The zero-order valence-corrected chi connectivity index (χ0v) is 23.5. The summed E-state index contributed by atoms with van der Waals surface area (Å²) in [6, 6.07) is 21.3. The van der Waals surface area contributed by atoms with E-state index in [-0.39, 0.29) is 17.7 Å². The van der Waals surface area contributed by atoms with E-state index in [1.165, 1.54) is 15.9 Å². The second-order valence-corrected chi connectivity index (χ2v) is 10.6. The molecule has 0 N–H and O–H groups in total. The lowest BCUT2D eigenvalue weighted by atomic mass is 9.96. The van der Waals surface area contributed by atoms with Gasteiger partial charge in [-0.2, -0.15) is 0 Å². The number of esters is 1. The largest absolute Gasteiger partial charge is 0.488 e. The number of halogens is 2. The van der Waals surface area contributed by atoms with Gasteiger partial charge in [0.15, 0.2) is 4.80 Å². The lowest BCUT2D eigenvalue weighted by Gasteiger charge is -2.25. The molecule has 0 saturated carbocycles. The third kappa shape index (κ3) is 5.57. The minimum absolute atomic E-state index is 0.197. The van der Waals surface area contributed by atoms with Crippen molar-refractivity contribution in [1.82, 2.24) is 4.57 Å². The third-order valence-corrected chi connectivity index (χ3v) is 7.81. The molecule has 1 atom stereocenters. The van der Waals surface area contributed by atoms with Gasteiger partial charge in [0.25, 0.3) is 5.56 Å². The van der Waals surface area contributed by atoms with Crippen LogP contribution in [0.15, 0.2) is 93.9 Å². The Balaban J connectivity index is 1.60. The zero-order chi connectivity index (χ0) is 27.5. The smallest absolute Gasteiger partial charge is 0.338 e. The second kappa shape index (κ2) is 11.6. The Hall–Kier alpha value is -3.65. The van der Waals surface area contributed by atoms with Crippen molar-refractivity contribution in [3.05, 3.63) is 130 Å². The Kier molecular flexibility index (Phi) is 8.02. The maximum absolute atomic E-state index is 13.9. The van der Waals surface area contributed by atoms with Crippen LogP contribution in [0.4, 0.5) is 0 Å². The van der Waals surface area contributed by atoms with Crippen molar-refractivity contribution in [3.63, 3.8) is 0 Å². The number of hydrogen-bond donors (Lipinski definition) is 0. The quantitative estimate of drug-likeness (QED) is 0.264. The lowest BCUT2D eigenvalue weighted by molar-refractivity contribution is -0.139.